The molecule has 21 heavy (non-hydrogen) atoms. The fourth-order valence-electron chi connectivity index (χ4n) is 3.45. The van der Waals surface area contributed by atoms with Crippen LogP contribution in [0.1, 0.15) is 40.5 Å². The van der Waals surface area contributed by atoms with Crippen LogP contribution in [0.15, 0.2) is 23.5 Å². The van der Waals surface area contributed by atoms with Crippen molar-refractivity contribution in [1.82, 2.24) is 0 Å². The highest BCUT2D eigenvalue weighted by Crippen LogP contribution is 2.57. The molecule has 0 radical (unpaired) electrons. The summed E-state index contributed by atoms with van der Waals surface area (Å²) in [5.41, 5.74) is 0.209. The Hall–Kier alpha value is -0.650. The maximum atomic E-state index is 13.1. The lowest BCUT2D eigenvalue weighted by Crippen LogP contribution is -2.58. The molecule has 0 unspecified atom stereocenters. The van der Waals surface area contributed by atoms with Crippen LogP contribution in [-0.2, 0) is 14.3 Å². The van der Waals surface area contributed by atoms with Gasteiger partial charge in [0.1, 0.15) is 5.76 Å². The van der Waals surface area contributed by atoms with Crippen LogP contribution in [0.3, 0.4) is 0 Å². The average Bonchev–Trinajstić information content (AvgIpc) is 2.38. The molecule has 0 aromatic carbocycles. The Morgan fingerprint density at radius 3 is 2.57 bits per heavy atom. The van der Waals surface area contributed by atoms with Crippen molar-refractivity contribution in [2.75, 3.05) is 7.11 Å². The number of Topliss-reactive ketones (excluding diaryl/α,β-unsaturated/α-hetero) is 1. The molecule has 3 nitrogen and oxygen atoms in total. The lowest BCUT2D eigenvalue weighted by atomic mass is 9.53. The van der Waals surface area contributed by atoms with E-state index in [4.69, 9.17) is 4.74 Å². The zero-order chi connectivity index (χ0) is 16.0. The van der Waals surface area contributed by atoms with Crippen LogP contribution in [0.4, 0.5) is 0 Å². The third kappa shape index (κ3) is 2.49. The predicted octanol–water partition coefficient (Wildman–Crippen LogP) is 3.86. The Morgan fingerprint density at radius 2 is 2.05 bits per heavy atom. The van der Waals surface area contributed by atoms with Crippen molar-refractivity contribution < 1.29 is 14.3 Å². The van der Waals surface area contributed by atoms with Crippen molar-refractivity contribution in [2.24, 2.45) is 16.7 Å². The highest BCUT2D eigenvalue weighted by Gasteiger charge is 2.61. The lowest BCUT2D eigenvalue weighted by Gasteiger charge is -2.51. The number of ketones is 2. The van der Waals surface area contributed by atoms with Gasteiger partial charge in [0.05, 0.1) is 18.4 Å². The molecule has 0 N–H and O–H groups in total. The Balaban J connectivity index is 2.59. The lowest BCUT2D eigenvalue weighted by molar-refractivity contribution is -0.149. The third-order valence-corrected chi connectivity index (χ3v) is 6.97. The maximum Gasteiger partial charge on any atom is 0.170 e. The quantitative estimate of drug-likeness (QED) is 0.312. The summed E-state index contributed by atoms with van der Waals surface area (Å²) < 4.78 is 5.71. The third-order valence-electron chi connectivity index (χ3n) is 4.92. The topological polar surface area (TPSA) is 43.4 Å². The number of hydrogen-bond acceptors (Lipinski definition) is 3. The molecule has 4 heteroatoms. The van der Waals surface area contributed by atoms with Gasteiger partial charge in [-0.15, -0.1) is 0 Å². The molecule has 0 aliphatic heterocycles. The summed E-state index contributed by atoms with van der Waals surface area (Å²) in [6.45, 7) is 8.11. The molecule has 0 spiro atoms. The van der Waals surface area contributed by atoms with E-state index < -0.39 is 11.3 Å². The first kappa shape index (κ1) is 16.7. The first-order chi connectivity index (χ1) is 9.66. The van der Waals surface area contributed by atoms with Crippen LogP contribution in [0.2, 0.25) is 0 Å². The molecule has 0 aromatic rings. The summed E-state index contributed by atoms with van der Waals surface area (Å²) in [6, 6.07) is 0. The zero-order valence-corrected chi connectivity index (χ0v) is 15.5. The van der Waals surface area contributed by atoms with Crippen LogP contribution >= 0.6 is 22.6 Å². The average molecular weight is 402 g/mol. The van der Waals surface area contributed by atoms with Crippen LogP contribution in [-0.4, -0.2) is 22.6 Å². The number of carbonyl (C=O) groups is 2. The first-order valence-corrected chi connectivity index (χ1v) is 8.53. The van der Waals surface area contributed by atoms with E-state index in [0.717, 1.165) is 6.42 Å². The number of alkyl halides is 1. The molecule has 2 rings (SSSR count). The number of allylic oxidation sites excluding steroid dienone is 4. The van der Waals surface area contributed by atoms with Gasteiger partial charge < -0.3 is 4.74 Å². The maximum absolute atomic E-state index is 13.1. The van der Waals surface area contributed by atoms with Gasteiger partial charge >= 0.3 is 0 Å². The van der Waals surface area contributed by atoms with Crippen molar-refractivity contribution in [1.29, 1.82) is 0 Å². The molecule has 1 fully saturated rings. The summed E-state index contributed by atoms with van der Waals surface area (Å²) in [5.74, 6) is -0.0562. The molecule has 1 saturated carbocycles. The minimum absolute atomic E-state index is 0.0438. The Labute approximate surface area is 140 Å². The van der Waals surface area contributed by atoms with Crippen LogP contribution in [0, 0.1) is 16.7 Å². The smallest absolute Gasteiger partial charge is 0.170 e. The second-order valence-electron chi connectivity index (χ2n) is 6.97. The van der Waals surface area contributed by atoms with E-state index in [9.17, 15) is 9.59 Å². The van der Waals surface area contributed by atoms with Crippen molar-refractivity contribution in [2.45, 2.75) is 44.5 Å². The van der Waals surface area contributed by atoms with Gasteiger partial charge in [0, 0.05) is 10.0 Å². The molecule has 116 valence electrons. The van der Waals surface area contributed by atoms with Crippen molar-refractivity contribution in [3.8, 4) is 0 Å². The van der Waals surface area contributed by atoms with E-state index in [-0.39, 0.29) is 20.9 Å². The van der Waals surface area contributed by atoms with Gasteiger partial charge in [0.2, 0.25) is 0 Å². The summed E-state index contributed by atoms with van der Waals surface area (Å²) in [5, 5.41) is 0. The standard InChI is InChI=1S/C17H23IO3/c1-10(2)6-7-17-9-12(18)16(3,4)14(15(17)20)11(19)8-13(17)21-5/h6,8,12,14H,7,9H2,1-5H3/t12-,14-,17+/m1/s1. The number of methoxy groups -OCH3 is 1. The highest BCUT2D eigenvalue weighted by molar-refractivity contribution is 14.1. The Bertz CT molecular complexity index is 540. The van der Waals surface area contributed by atoms with E-state index in [1.807, 2.05) is 27.7 Å². The fourth-order valence-corrected chi connectivity index (χ4v) is 4.56. The predicted molar refractivity (Wildman–Crippen MR) is 91.3 cm³/mol. The zero-order valence-electron chi connectivity index (χ0n) is 13.3. The minimum atomic E-state index is -0.661. The molecular weight excluding hydrogens is 379 g/mol. The highest BCUT2D eigenvalue weighted by atomic mass is 127. The molecular formula is C17H23IO3. The molecule has 2 bridgehead atoms. The van der Waals surface area contributed by atoms with Crippen LogP contribution in [0.25, 0.3) is 0 Å². The molecule has 0 heterocycles. The van der Waals surface area contributed by atoms with Gasteiger partial charge in [0.15, 0.2) is 11.6 Å². The number of carbonyl (C=O) groups excluding carboxylic acids is 2. The first-order valence-electron chi connectivity index (χ1n) is 7.28. The largest absolute Gasteiger partial charge is 0.500 e. The molecule has 2 aliphatic carbocycles. The van der Waals surface area contributed by atoms with Gasteiger partial charge in [-0.2, -0.15) is 0 Å². The summed E-state index contributed by atoms with van der Waals surface area (Å²) in [4.78, 5) is 25.5. The van der Waals surface area contributed by atoms with E-state index >= 15 is 0 Å². The van der Waals surface area contributed by atoms with E-state index in [2.05, 4.69) is 28.7 Å². The van der Waals surface area contributed by atoms with Gasteiger partial charge in [0.25, 0.3) is 0 Å². The number of ether oxygens (including phenoxy) is 1. The van der Waals surface area contributed by atoms with Crippen molar-refractivity contribution >= 4 is 34.2 Å². The number of halogens is 1. The van der Waals surface area contributed by atoms with Crippen molar-refractivity contribution in [3.63, 3.8) is 0 Å². The summed E-state index contributed by atoms with van der Waals surface area (Å²) >= 11 is 2.39. The molecule has 2 aliphatic rings. The van der Waals surface area contributed by atoms with Crippen LogP contribution in [0.5, 0.6) is 0 Å². The normalized spacial score (nSPS) is 34.3. The second-order valence-corrected chi connectivity index (χ2v) is 8.48. The number of rotatable bonds is 3. The van der Waals surface area contributed by atoms with Gasteiger partial charge in [-0.3, -0.25) is 9.59 Å². The van der Waals surface area contributed by atoms with Gasteiger partial charge in [-0.25, -0.2) is 0 Å². The van der Waals surface area contributed by atoms with E-state index in [1.165, 1.54) is 5.57 Å². The van der Waals surface area contributed by atoms with E-state index in [1.54, 1.807) is 13.2 Å². The summed E-state index contributed by atoms with van der Waals surface area (Å²) in [7, 11) is 1.55. The Morgan fingerprint density at radius 1 is 1.43 bits per heavy atom. The van der Waals surface area contributed by atoms with Gasteiger partial charge in [-0.1, -0.05) is 48.1 Å². The van der Waals surface area contributed by atoms with Crippen LogP contribution < -0.4 is 0 Å². The SMILES string of the molecule is COC1=CC(=O)[C@@H]2C(=O)[C@@]1(CC=C(C)C)C[C@@H](I)C2(C)C. The number of fused-ring (bicyclic) bond motifs is 2. The molecule has 3 atom stereocenters. The Kier molecular flexibility index (Phi) is 4.40. The minimum Gasteiger partial charge on any atom is -0.500 e. The summed E-state index contributed by atoms with van der Waals surface area (Å²) in [6.07, 6.45) is 4.99. The molecule has 0 aromatic heterocycles. The second kappa shape index (κ2) is 5.52. The van der Waals surface area contributed by atoms with Crippen molar-refractivity contribution in [3.05, 3.63) is 23.5 Å². The fraction of sp³-hybridized carbons (Fsp3) is 0.647. The number of hydrogen-bond donors (Lipinski definition) is 0. The van der Waals surface area contributed by atoms with Gasteiger partial charge in [-0.05, 0) is 32.1 Å². The molecule has 0 saturated heterocycles. The molecule has 0 amide bonds. The van der Waals surface area contributed by atoms with E-state index in [0.29, 0.717) is 12.2 Å². The monoisotopic (exact) mass is 402 g/mol.